The molecule has 3 N–H and O–H groups in total. The molecule has 2 atom stereocenters. The highest BCUT2D eigenvalue weighted by molar-refractivity contribution is 5.63. The van der Waals surface area contributed by atoms with Gasteiger partial charge in [-0.15, -0.1) is 0 Å². The number of hydrogen-bond donors (Lipinski definition) is 2. The SMILES string of the molecule is Cc1cc(C(C)N2CC[C@@]3(CCn4nc(-c5cnc(N)c(C(F)(F)F)c5)cc43)C2)n[nH]1. The maximum atomic E-state index is 13.2. The molecule has 0 radical (unpaired) electrons. The number of nitrogens with two attached hydrogens (primary N) is 1. The highest BCUT2D eigenvalue weighted by Crippen LogP contribution is 2.46. The molecule has 1 unspecified atom stereocenters. The predicted molar refractivity (Wildman–Crippen MR) is 109 cm³/mol. The summed E-state index contributed by atoms with van der Waals surface area (Å²) in [7, 11) is 0. The number of hydrogen-bond acceptors (Lipinski definition) is 5. The van der Waals surface area contributed by atoms with Crippen molar-refractivity contribution in [3.63, 3.8) is 0 Å². The molecular formula is C21H24F3N7. The number of rotatable bonds is 3. The number of H-pyrrole nitrogens is 1. The highest BCUT2D eigenvalue weighted by Gasteiger charge is 2.47. The fourth-order valence-electron chi connectivity index (χ4n) is 4.93. The lowest BCUT2D eigenvalue weighted by Gasteiger charge is -2.26. The minimum Gasteiger partial charge on any atom is -0.383 e. The first-order chi connectivity index (χ1) is 14.7. The second-order valence-corrected chi connectivity index (χ2v) is 8.70. The summed E-state index contributed by atoms with van der Waals surface area (Å²) in [6, 6.07) is 5.22. The van der Waals surface area contributed by atoms with E-state index in [4.69, 9.17) is 5.73 Å². The minimum atomic E-state index is -4.55. The van der Waals surface area contributed by atoms with Crippen molar-refractivity contribution >= 4 is 5.82 Å². The zero-order chi connectivity index (χ0) is 22.0. The topological polar surface area (TPSA) is 88.7 Å². The van der Waals surface area contributed by atoms with Crippen LogP contribution in [0.25, 0.3) is 11.3 Å². The zero-order valence-electron chi connectivity index (χ0n) is 17.4. The van der Waals surface area contributed by atoms with Crippen LogP contribution >= 0.6 is 0 Å². The highest BCUT2D eigenvalue weighted by atomic mass is 19.4. The van der Waals surface area contributed by atoms with E-state index in [1.165, 1.54) is 6.20 Å². The van der Waals surface area contributed by atoms with Crippen LogP contribution in [0.5, 0.6) is 0 Å². The standard InChI is InChI=1S/C21H24F3N7/c1-12-7-16(28-27-12)13(2)30-5-3-20(11-30)4-6-31-18(20)9-17(29-31)14-8-15(21(22,23)24)19(25)26-10-14/h7-10,13H,3-6,11H2,1-2H3,(H2,25,26)(H,27,28)/t13?,20-/m1/s1. The van der Waals surface area contributed by atoms with E-state index in [0.717, 1.165) is 55.6 Å². The van der Waals surface area contributed by atoms with E-state index in [-0.39, 0.29) is 11.5 Å². The molecule has 164 valence electrons. The molecule has 3 aromatic heterocycles. The third-order valence-corrected chi connectivity index (χ3v) is 6.73. The molecule has 0 bridgehead atoms. The summed E-state index contributed by atoms with van der Waals surface area (Å²) in [6.07, 6.45) is -1.23. The minimum absolute atomic E-state index is 0.0427. The number of aryl methyl sites for hydroxylation is 2. The van der Waals surface area contributed by atoms with Crippen LogP contribution < -0.4 is 5.73 Å². The summed E-state index contributed by atoms with van der Waals surface area (Å²) >= 11 is 0. The van der Waals surface area contributed by atoms with E-state index in [1.807, 2.05) is 17.7 Å². The van der Waals surface area contributed by atoms with Gasteiger partial charge in [-0.3, -0.25) is 14.7 Å². The van der Waals surface area contributed by atoms with Crippen LogP contribution in [0, 0.1) is 6.92 Å². The van der Waals surface area contributed by atoms with Gasteiger partial charge in [0.25, 0.3) is 0 Å². The Morgan fingerprint density at radius 3 is 2.68 bits per heavy atom. The van der Waals surface area contributed by atoms with E-state index in [2.05, 4.69) is 38.2 Å². The Kier molecular flexibility index (Phi) is 4.40. The number of aromatic amines is 1. The molecule has 5 heterocycles. The molecule has 3 aromatic rings. The third kappa shape index (κ3) is 3.29. The van der Waals surface area contributed by atoms with E-state index in [1.54, 1.807) is 0 Å². The summed E-state index contributed by atoms with van der Waals surface area (Å²) in [5.41, 5.74) is 8.45. The van der Waals surface area contributed by atoms with E-state index < -0.39 is 17.6 Å². The Hall–Kier alpha value is -2.88. The van der Waals surface area contributed by atoms with Crippen molar-refractivity contribution in [1.82, 2.24) is 29.9 Å². The molecule has 5 rings (SSSR count). The number of pyridine rings is 1. The fraction of sp³-hybridized carbons (Fsp3) is 0.476. The molecule has 0 aromatic carbocycles. The van der Waals surface area contributed by atoms with Gasteiger partial charge in [0.2, 0.25) is 0 Å². The van der Waals surface area contributed by atoms with Crippen LogP contribution in [0.1, 0.15) is 48.5 Å². The van der Waals surface area contributed by atoms with E-state index in [9.17, 15) is 13.2 Å². The van der Waals surface area contributed by atoms with Crippen LogP contribution in [0.2, 0.25) is 0 Å². The monoisotopic (exact) mass is 431 g/mol. The van der Waals surface area contributed by atoms with Crippen molar-refractivity contribution in [2.75, 3.05) is 18.8 Å². The maximum Gasteiger partial charge on any atom is 0.419 e. The first-order valence-electron chi connectivity index (χ1n) is 10.3. The Labute approximate surface area is 177 Å². The Morgan fingerprint density at radius 2 is 1.97 bits per heavy atom. The molecule has 2 aliphatic rings. The van der Waals surface area contributed by atoms with Gasteiger partial charge in [0.05, 0.1) is 23.0 Å². The van der Waals surface area contributed by atoms with Crippen LogP contribution in [0.15, 0.2) is 24.4 Å². The number of nitrogen functional groups attached to an aromatic ring is 1. The molecule has 7 nitrogen and oxygen atoms in total. The molecule has 31 heavy (non-hydrogen) atoms. The lowest BCUT2D eigenvalue weighted by atomic mass is 9.82. The quantitative estimate of drug-likeness (QED) is 0.660. The molecule has 0 saturated carbocycles. The summed E-state index contributed by atoms with van der Waals surface area (Å²) in [4.78, 5) is 6.18. The molecule has 10 heteroatoms. The number of nitrogens with zero attached hydrogens (tertiary/aromatic N) is 5. The molecular weight excluding hydrogens is 407 g/mol. The Bertz CT molecular complexity index is 1130. The number of anilines is 1. The van der Waals surface area contributed by atoms with E-state index >= 15 is 0 Å². The first kappa shape index (κ1) is 20.0. The van der Waals surface area contributed by atoms with Crippen molar-refractivity contribution in [3.8, 4) is 11.3 Å². The summed E-state index contributed by atoms with van der Waals surface area (Å²) < 4.78 is 41.7. The third-order valence-electron chi connectivity index (χ3n) is 6.73. The number of alkyl halides is 3. The first-order valence-corrected chi connectivity index (χ1v) is 10.3. The second kappa shape index (κ2) is 6.81. The average Bonchev–Trinajstić information content (AvgIpc) is 3.47. The second-order valence-electron chi connectivity index (χ2n) is 8.70. The number of likely N-dealkylation sites (tertiary alicyclic amines) is 1. The number of nitrogens with one attached hydrogen (secondary N) is 1. The van der Waals surface area contributed by atoms with E-state index in [0.29, 0.717) is 11.3 Å². The van der Waals surface area contributed by atoms with Gasteiger partial charge in [-0.1, -0.05) is 0 Å². The predicted octanol–water partition coefficient (Wildman–Crippen LogP) is 3.69. The largest absolute Gasteiger partial charge is 0.419 e. The van der Waals surface area contributed by atoms with Crippen LogP contribution in [-0.4, -0.2) is 43.0 Å². The zero-order valence-corrected chi connectivity index (χ0v) is 17.4. The molecule has 0 aliphatic carbocycles. The molecule has 1 fully saturated rings. The maximum absolute atomic E-state index is 13.2. The van der Waals surface area contributed by atoms with Crippen molar-refractivity contribution < 1.29 is 13.2 Å². The summed E-state index contributed by atoms with van der Waals surface area (Å²) in [6.45, 7) is 6.72. The lowest BCUT2D eigenvalue weighted by Crippen LogP contribution is -2.31. The van der Waals surface area contributed by atoms with Crippen molar-refractivity contribution in [1.29, 1.82) is 0 Å². The smallest absolute Gasteiger partial charge is 0.383 e. The van der Waals surface area contributed by atoms with Crippen LogP contribution in [-0.2, 0) is 18.1 Å². The van der Waals surface area contributed by atoms with Crippen molar-refractivity contribution in [2.24, 2.45) is 0 Å². The fourth-order valence-corrected chi connectivity index (χ4v) is 4.93. The Balaban J connectivity index is 1.43. The average molecular weight is 431 g/mol. The number of fused-ring (bicyclic) bond motifs is 2. The molecule has 1 spiro atoms. The van der Waals surface area contributed by atoms with Crippen molar-refractivity contribution in [2.45, 2.75) is 50.9 Å². The number of halogens is 3. The van der Waals surface area contributed by atoms with Gasteiger partial charge < -0.3 is 5.73 Å². The Morgan fingerprint density at radius 1 is 1.19 bits per heavy atom. The van der Waals surface area contributed by atoms with Crippen molar-refractivity contribution in [3.05, 3.63) is 47.0 Å². The van der Waals surface area contributed by atoms with Gasteiger partial charge in [-0.05, 0) is 51.4 Å². The molecule has 0 amide bonds. The van der Waals surface area contributed by atoms with Gasteiger partial charge >= 0.3 is 6.18 Å². The van der Waals surface area contributed by atoms with Gasteiger partial charge in [-0.2, -0.15) is 23.4 Å². The molecule has 2 aliphatic heterocycles. The lowest BCUT2D eigenvalue weighted by molar-refractivity contribution is -0.137. The van der Waals surface area contributed by atoms with Gasteiger partial charge in [0.15, 0.2) is 0 Å². The van der Waals surface area contributed by atoms with Gasteiger partial charge in [0.1, 0.15) is 5.82 Å². The summed E-state index contributed by atoms with van der Waals surface area (Å²) in [5, 5.41) is 12.0. The van der Waals surface area contributed by atoms with Crippen LogP contribution in [0.4, 0.5) is 19.0 Å². The number of aromatic nitrogens is 5. The normalized spacial score (nSPS) is 22.4. The van der Waals surface area contributed by atoms with Gasteiger partial charge in [0, 0.05) is 41.7 Å². The molecule has 1 saturated heterocycles. The van der Waals surface area contributed by atoms with Crippen LogP contribution in [0.3, 0.4) is 0 Å². The summed E-state index contributed by atoms with van der Waals surface area (Å²) in [5.74, 6) is -0.520. The van der Waals surface area contributed by atoms with Gasteiger partial charge in [-0.25, -0.2) is 4.98 Å².